The molecule has 2 aromatic rings. The van der Waals surface area contributed by atoms with Crippen LogP contribution in [0.2, 0.25) is 5.02 Å². The molecule has 6 rings (SSSR count). The number of ether oxygens (including phenoxy) is 1. The Morgan fingerprint density at radius 2 is 1.82 bits per heavy atom. The molecular formula is C22H22ClNO3S. The molecule has 1 heterocycles. The third-order valence-corrected chi connectivity index (χ3v) is 7.88. The van der Waals surface area contributed by atoms with E-state index in [9.17, 15) is 9.59 Å². The Kier molecular flexibility index (Phi) is 4.55. The molecule has 0 radical (unpaired) electrons. The standard InChI is InChI=1S/C22H22ClNO3S/c23-17-3-1-2-16(7-17)20-24-18(12-28-20)21(26)27-11-19(25)22-8-13-4-14(9-22)6-15(5-13)10-22/h1-3,7,12-15H,4-6,8-11H2. The highest BCUT2D eigenvalue weighted by molar-refractivity contribution is 7.13. The first-order valence-electron chi connectivity index (χ1n) is 9.93. The molecule has 28 heavy (non-hydrogen) atoms. The number of halogens is 1. The molecule has 4 bridgehead atoms. The minimum atomic E-state index is -0.525. The van der Waals surface area contributed by atoms with Crippen LogP contribution in [0.25, 0.3) is 10.6 Å². The van der Waals surface area contributed by atoms with Crippen LogP contribution >= 0.6 is 22.9 Å². The van der Waals surface area contributed by atoms with Gasteiger partial charge in [-0.25, -0.2) is 9.78 Å². The maximum Gasteiger partial charge on any atom is 0.358 e. The minimum Gasteiger partial charge on any atom is -0.453 e. The number of carbonyl (C=O) groups excluding carboxylic acids is 2. The van der Waals surface area contributed by atoms with Crippen LogP contribution in [0.1, 0.15) is 49.0 Å². The fourth-order valence-electron chi connectivity index (χ4n) is 5.93. The van der Waals surface area contributed by atoms with Gasteiger partial charge in [-0.3, -0.25) is 4.79 Å². The number of hydrogen-bond donors (Lipinski definition) is 0. The van der Waals surface area contributed by atoms with Crippen molar-refractivity contribution in [3.63, 3.8) is 0 Å². The molecule has 0 spiro atoms. The second-order valence-corrected chi connectivity index (χ2v) is 10.0. The Bertz CT molecular complexity index is 902. The summed E-state index contributed by atoms with van der Waals surface area (Å²) < 4.78 is 5.38. The monoisotopic (exact) mass is 415 g/mol. The largest absolute Gasteiger partial charge is 0.453 e. The van der Waals surface area contributed by atoms with Crippen LogP contribution in [0.3, 0.4) is 0 Å². The number of aromatic nitrogens is 1. The first-order valence-corrected chi connectivity index (χ1v) is 11.2. The van der Waals surface area contributed by atoms with Crippen molar-refractivity contribution >= 4 is 34.7 Å². The van der Waals surface area contributed by atoms with Crippen LogP contribution in [0, 0.1) is 23.2 Å². The number of ketones is 1. The number of nitrogens with zero attached hydrogens (tertiary/aromatic N) is 1. The van der Waals surface area contributed by atoms with Gasteiger partial charge in [0.2, 0.25) is 0 Å². The Morgan fingerprint density at radius 1 is 1.14 bits per heavy atom. The van der Waals surface area contributed by atoms with Crippen molar-refractivity contribution in [1.29, 1.82) is 0 Å². The molecule has 0 saturated heterocycles. The van der Waals surface area contributed by atoms with E-state index >= 15 is 0 Å². The lowest BCUT2D eigenvalue weighted by atomic mass is 9.48. The molecule has 4 aliphatic rings. The lowest BCUT2D eigenvalue weighted by Gasteiger charge is -2.55. The zero-order valence-electron chi connectivity index (χ0n) is 15.5. The lowest BCUT2D eigenvalue weighted by molar-refractivity contribution is -0.147. The highest BCUT2D eigenvalue weighted by atomic mass is 35.5. The van der Waals surface area contributed by atoms with Gasteiger partial charge in [0.25, 0.3) is 0 Å². The Balaban J connectivity index is 1.24. The number of benzene rings is 1. The first kappa shape index (κ1) is 18.3. The van der Waals surface area contributed by atoms with E-state index < -0.39 is 5.97 Å². The number of thiazole rings is 1. The maximum absolute atomic E-state index is 13.0. The third-order valence-electron chi connectivity index (χ3n) is 6.75. The van der Waals surface area contributed by atoms with Crippen molar-refractivity contribution in [3.8, 4) is 10.6 Å². The Labute approximate surface area is 173 Å². The SMILES string of the molecule is O=C(OCC(=O)C12CC3CC(CC(C3)C1)C2)c1csc(-c2cccc(Cl)c2)n1. The summed E-state index contributed by atoms with van der Waals surface area (Å²) in [5, 5.41) is 3.01. The highest BCUT2D eigenvalue weighted by Gasteiger charge is 2.54. The van der Waals surface area contributed by atoms with Crippen molar-refractivity contribution in [1.82, 2.24) is 4.98 Å². The van der Waals surface area contributed by atoms with Crippen LogP contribution in [0.15, 0.2) is 29.6 Å². The van der Waals surface area contributed by atoms with Gasteiger partial charge in [0.1, 0.15) is 5.01 Å². The van der Waals surface area contributed by atoms with Crippen molar-refractivity contribution < 1.29 is 14.3 Å². The summed E-state index contributed by atoms with van der Waals surface area (Å²) in [6.07, 6.45) is 6.84. The Hall–Kier alpha value is -1.72. The molecule has 146 valence electrons. The lowest BCUT2D eigenvalue weighted by Crippen LogP contribution is -2.51. The van der Waals surface area contributed by atoms with Crippen molar-refractivity contribution in [2.45, 2.75) is 38.5 Å². The normalized spacial score (nSPS) is 30.4. The highest BCUT2D eigenvalue weighted by Crippen LogP contribution is 2.60. The zero-order chi connectivity index (χ0) is 19.3. The van der Waals surface area contributed by atoms with Gasteiger partial charge in [-0.1, -0.05) is 23.7 Å². The molecular weight excluding hydrogens is 394 g/mol. The van der Waals surface area contributed by atoms with E-state index in [1.165, 1.54) is 30.6 Å². The van der Waals surface area contributed by atoms with Crippen molar-refractivity contribution in [3.05, 3.63) is 40.4 Å². The summed E-state index contributed by atoms with van der Waals surface area (Å²) >= 11 is 7.39. The molecule has 4 saturated carbocycles. The summed E-state index contributed by atoms with van der Waals surface area (Å²) in [6, 6.07) is 7.35. The molecule has 0 aliphatic heterocycles. The second kappa shape index (κ2) is 6.96. The smallest absolute Gasteiger partial charge is 0.358 e. The predicted octanol–water partition coefficient (Wildman–Crippen LogP) is 5.41. The Morgan fingerprint density at radius 3 is 2.46 bits per heavy atom. The van der Waals surface area contributed by atoms with Gasteiger partial charge in [0, 0.05) is 21.4 Å². The topological polar surface area (TPSA) is 56.3 Å². The second-order valence-electron chi connectivity index (χ2n) is 8.75. The number of rotatable bonds is 5. The summed E-state index contributed by atoms with van der Waals surface area (Å²) in [4.78, 5) is 29.8. The zero-order valence-corrected chi connectivity index (χ0v) is 17.1. The molecule has 0 unspecified atom stereocenters. The average Bonchev–Trinajstić information content (AvgIpc) is 3.15. The molecule has 1 aromatic heterocycles. The van der Waals surface area contributed by atoms with Gasteiger partial charge in [-0.2, -0.15) is 0 Å². The van der Waals surface area contributed by atoms with Crippen LogP contribution in [-0.4, -0.2) is 23.3 Å². The van der Waals surface area contributed by atoms with E-state index in [0.29, 0.717) is 27.8 Å². The van der Waals surface area contributed by atoms with Gasteiger partial charge in [0.15, 0.2) is 18.1 Å². The van der Waals surface area contributed by atoms with E-state index in [4.69, 9.17) is 16.3 Å². The quantitative estimate of drug-likeness (QED) is 0.613. The van der Waals surface area contributed by atoms with Crippen molar-refractivity contribution in [2.24, 2.45) is 23.2 Å². The number of Topliss-reactive ketones (excluding diaryl/α,β-unsaturated/α-hetero) is 1. The van der Waals surface area contributed by atoms with Crippen LogP contribution in [0.4, 0.5) is 0 Å². The fourth-order valence-corrected chi connectivity index (χ4v) is 6.91. The van der Waals surface area contributed by atoms with E-state index in [-0.39, 0.29) is 23.5 Å². The average molecular weight is 416 g/mol. The van der Waals surface area contributed by atoms with Gasteiger partial charge >= 0.3 is 5.97 Å². The van der Waals surface area contributed by atoms with Gasteiger partial charge in [0.05, 0.1) is 0 Å². The molecule has 0 N–H and O–H groups in total. The van der Waals surface area contributed by atoms with Crippen LogP contribution < -0.4 is 0 Å². The fraction of sp³-hybridized carbons (Fsp3) is 0.500. The summed E-state index contributed by atoms with van der Waals surface area (Å²) in [5.41, 5.74) is 0.878. The van der Waals surface area contributed by atoms with Gasteiger partial charge < -0.3 is 4.74 Å². The van der Waals surface area contributed by atoms with Crippen LogP contribution in [0.5, 0.6) is 0 Å². The van der Waals surface area contributed by atoms with E-state index in [1.807, 2.05) is 18.2 Å². The first-order chi connectivity index (χ1) is 13.5. The minimum absolute atomic E-state index is 0.116. The molecule has 6 heteroatoms. The molecule has 0 atom stereocenters. The maximum atomic E-state index is 13.0. The molecule has 1 aromatic carbocycles. The summed E-state index contributed by atoms with van der Waals surface area (Å²) in [7, 11) is 0. The van der Waals surface area contributed by atoms with E-state index in [0.717, 1.165) is 24.8 Å². The van der Waals surface area contributed by atoms with Crippen LogP contribution in [-0.2, 0) is 9.53 Å². The molecule has 4 nitrogen and oxygen atoms in total. The number of carbonyl (C=O) groups is 2. The number of hydrogen-bond acceptors (Lipinski definition) is 5. The third kappa shape index (κ3) is 3.29. The van der Waals surface area contributed by atoms with E-state index in [1.54, 1.807) is 11.4 Å². The summed E-state index contributed by atoms with van der Waals surface area (Å²) in [5.74, 6) is 1.69. The summed E-state index contributed by atoms with van der Waals surface area (Å²) in [6.45, 7) is -0.130. The van der Waals surface area contributed by atoms with E-state index in [2.05, 4.69) is 4.98 Å². The van der Waals surface area contributed by atoms with Crippen molar-refractivity contribution in [2.75, 3.05) is 6.61 Å². The van der Waals surface area contributed by atoms with Gasteiger partial charge in [-0.05, 0) is 68.4 Å². The molecule has 4 fully saturated rings. The van der Waals surface area contributed by atoms with Gasteiger partial charge in [-0.15, -0.1) is 11.3 Å². The molecule has 0 amide bonds. The number of esters is 1. The molecule has 4 aliphatic carbocycles. The predicted molar refractivity (Wildman–Crippen MR) is 108 cm³/mol.